The first-order chi connectivity index (χ1) is 10.6. The molecule has 1 aromatic rings. The first kappa shape index (κ1) is 16.5. The molecule has 0 fully saturated rings. The first-order valence-electron chi connectivity index (χ1n) is 8.29. The lowest BCUT2D eigenvalue weighted by atomic mass is 9.93. The van der Waals surface area contributed by atoms with Crippen LogP contribution in [0.3, 0.4) is 0 Å². The van der Waals surface area contributed by atoms with E-state index in [4.69, 9.17) is 0 Å². The maximum absolute atomic E-state index is 12.8. The zero-order valence-corrected chi connectivity index (χ0v) is 14.0. The second-order valence-electron chi connectivity index (χ2n) is 6.24. The highest BCUT2D eigenvalue weighted by atomic mass is 16.2. The van der Waals surface area contributed by atoms with Crippen LogP contribution in [0.4, 0.5) is 0 Å². The molecular weight excluding hydrogens is 270 g/mol. The van der Waals surface area contributed by atoms with E-state index in [0.29, 0.717) is 5.92 Å². The van der Waals surface area contributed by atoms with Crippen molar-refractivity contribution in [3.8, 4) is 0 Å². The summed E-state index contributed by atoms with van der Waals surface area (Å²) in [6.07, 6.45) is 6.75. The Balaban J connectivity index is 2.17. The summed E-state index contributed by atoms with van der Waals surface area (Å²) >= 11 is 0. The number of rotatable bonds is 5. The van der Waals surface area contributed by atoms with Gasteiger partial charge in [0.15, 0.2) is 0 Å². The average Bonchev–Trinajstić information content (AvgIpc) is 2.55. The Kier molecular flexibility index (Phi) is 5.59. The van der Waals surface area contributed by atoms with Crippen molar-refractivity contribution in [3.05, 3.63) is 59.7 Å². The third kappa shape index (κ3) is 3.49. The fourth-order valence-corrected chi connectivity index (χ4v) is 2.97. The van der Waals surface area contributed by atoms with E-state index in [0.717, 1.165) is 31.4 Å². The van der Waals surface area contributed by atoms with Crippen LogP contribution in [0.5, 0.6) is 0 Å². The Bertz CT molecular complexity index is 573. The van der Waals surface area contributed by atoms with Crippen LogP contribution < -0.4 is 0 Å². The standard InChI is InChI=1S/C20H27NO/c1-5-15(3)11-12-17(6-2)20(22)21-14-13-18-9-7-8-10-19(18)16(21)4/h6-10,12,15-16H,2,5,11,13-14H2,1,3-4H3/b17-12+/t15?,16-/m1/s1. The van der Waals surface area contributed by atoms with Gasteiger partial charge in [0.1, 0.15) is 0 Å². The Labute approximate surface area is 134 Å². The van der Waals surface area contributed by atoms with E-state index in [1.54, 1.807) is 6.08 Å². The van der Waals surface area contributed by atoms with Gasteiger partial charge in [-0.25, -0.2) is 0 Å². The van der Waals surface area contributed by atoms with Crippen LogP contribution >= 0.6 is 0 Å². The van der Waals surface area contributed by atoms with Gasteiger partial charge in [-0.05, 0) is 36.8 Å². The zero-order valence-electron chi connectivity index (χ0n) is 14.0. The number of benzene rings is 1. The molecular formula is C20H27NO. The van der Waals surface area contributed by atoms with Gasteiger partial charge in [-0.2, -0.15) is 0 Å². The minimum Gasteiger partial charge on any atom is -0.332 e. The van der Waals surface area contributed by atoms with Gasteiger partial charge in [0.2, 0.25) is 0 Å². The van der Waals surface area contributed by atoms with E-state index < -0.39 is 0 Å². The Hall–Kier alpha value is -1.83. The highest BCUT2D eigenvalue weighted by Gasteiger charge is 2.28. The monoisotopic (exact) mass is 297 g/mol. The van der Waals surface area contributed by atoms with Crippen LogP contribution in [-0.4, -0.2) is 17.4 Å². The number of carbonyl (C=O) groups is 1. The summed E-state index contributed by atoms with van der Waals surface area (Å²) in [5, 5.41) is 0. The fourth-order valence-electron chi connectivity index (χ4n) is 2.97. The Morgan fingerprint density at radius 2 is 2.18 bits per heavy atom. The van der Waals surface area contributed by atoms with Gasteiger partial charge in [0.05, 0.1) is 6.04 Å². The van der Waals surface area contributed by atoms with Gasteiger partial charge in [-0.3, -0.25) is 4.79 Å². The normalized spacial score (nSPS) is 19.5. The van der Waals surface area contributed by atoms with Gasteiger partial charge >= 0.3 is 0 Å². The molecule has 2 rings (SSSR count). The molecule has 1 unspecified atom stereocenters. The van der Waals surface area contributed by atoms with E-state index in [-0.39, 0.29) is 11.9 Å². The van der Waals surface area contributed by atoms with Crippen LogP contribution in [0.25, 0.3) is 0 Å². The lowest BCUT2D eigenvalue weighted by Crippen LogP contribution is -2.39. The summed E-state index contributed by atoms with van der Waals surface area (Å²) in [6.45, 7) is 11.1. The maximum atomic E-state index is 12.8. The topological polar surface area (TPSA) is 20.3 Å². The molecule has 1 heterocycles. The molecule has 2 atom stereocenters. The quantitative estimate of drug-likeness (QED) is 0.571. The molecule has 0 radical (unpaired) electrons. The average molecular weight is 297 g/mol. The third-order valence-electron chi connectivity index (χ3n) is 4.76. The third-order valence-corrected chi connectivity index (χ3v) is 4.76. The van der Waals surface area contributed by atoms with Crippen LogP contribution in [0.15, 0.2) is 48.6 Å². The molecule has 2 heteroatoms. The van der Waals surface area contributed by atoms with Gasteiger partial charge in [0.25, 0.3) is 5.91 Å². The molecule has 0 aromatic heterocycles. The molecule has 0 bridgehead atoms. The maximum Gasteiger partial charge on any atom is 0.254 e. The largest absolute Gasteiger partial charge is 0.332 e. The van der Waals surface area contributed by atoms with Crippen LogP contribution in [0.2, 0.25) is 0 Å². The van der Waals surface area contributed by atoms with Crippen LogP contribution in [0, 0.1) is 5.92 Å². The van der Waals surface area contributed by atoms with Gasteiger partial charge in [-0.15, -0.1) is 0 Å². The van der Waals surface area contributed by atoms with Gasteiger partial charge in [0, 0.05) is 12.1 Å². The van der Waals surface area contributed by atoms with Crippen LogP contribution in [0.1, 0.15) is 50.8 Å². The van der Waals surface area contributed by atoms with Crippen molar-refractivity contribution in [2.45, 2.75) is 46.1 Å². The van der Waals surface area contributed by atoms with Crippen molar-refractivity contribution in [2.75, 3.05) is 6.54 Å². The number of hydrogen-bond donors (Lipinski definition) is 0. The molecule has 1 aromatic carbocycles. The minimum absolute atomic E-state index is 0.111. The number of allylic oxidation sites excluding steroid dienone is 1. The highest BCUT2D eigenvalue weighted by molar-refractivity contribution is 5.96. The molecule has 1 amide bonds. The Morgan fingerprint density at radius 3 is 2.86 bits per heavy atom. The van der Waals surface area contributed by atoms with Crippen molar-refractivity contribution in [1.82, 2.24) is 4.90 Å². The number of fused-ring (bicyclic) bond motifs is 1. The molecule has 1 aliphatic heterocycles. The predicted octanol–water partition coefficient (Wildman–Crippen LogP) is 4.68. The molecule has 1 aliphatic rings. The number of carbonyl (C=O) groups excluding carboxylic acids is 1. The summed E-state index contributed by atoms with van der Waals surface area (Å²) in [5.41, 5.74) is 3.38. The van der Waals surface area contributed by atoms with E-state index in [1.165, 1.54) is 11.1 Å². The predicted molar refractivity (Wildman–Crippen MR) is 92.6 cm³/mol. The van der Waals surface area contributed by atoms with Crippen molar-refractivity contribution in [3.63, 3.8) is 0 Å². The van der Waals surface area contributed by atoms with Crippen molar-refractivity contribution < 1.29 is 4.79 Å². The molecule has 2 nitrogen and oxygen atoms in total. The molecule has 0 N–H and O–H groups in total. The fraction of sp³-hybridized carbons (Fsp3) is 0.450. The van der Waals surface area contributed by atoms with Gasteiger partial charge in [-0.1, -0.05) is 63.3 Å². The number of hydrogen-bond acceptors (Lipinski definition) is 1. The van der Waals surface area contributed by atoms with E-state index in [9.17, 15) is 4.79 Å². The SMILES string of the molecule is C=C/C(=C\CC(C)CC)C(=O)N1CCc2ccccc2[C@H]1C. The second kappa shape index (κ2) is 7.44. The molecule has 0 saturated carbocycles. The van der Waals surface area contributed by atoms with E-state index in [2.05, 4.69) is 57.7 Å². The number of nitrogens with zero attached hydrogens (tertiary/aromatic N) is 1. The van der Waals surface area contributed by atoms with Gasteiger partial charge < -0.3 is 4.90 Å². The van der Waals surface area contributed by atoms with Crippen molar-refractivity contribution in [1.29, 1.82) is 0 Å². The summed E-state index contributed by atoms with van der Waals surface area (Å²) in [6, 6.07) is 8.56. The Morgan fingerprint density at radius 1 is 1.45 bits per heavy atom. The summed E-state index contributed by atoms with van der Waals surface area (Å²) in [4.78, 5) is 14.8. The molecule has 22 heavy (non-hydrogen) atoms. The molecule has 0 spiro atoms. The van der Waals surface area contributed by atoms with Crippen LogP contribution in [-0.2, 0) is 11.2 Å². The lowest BCUT2D eigenvalue weighted by Gasteiger charge is -2.35. The van der Waals surface area contributed by atoms with E-state index in [1.807, 2.05) is 4.90 Å². The summed E-state index contributed by atoms with van der Waals surface area (Å²) in [7, 11) is 0. The smallest absolute Gasteiger partial charge is 0.254 e. The highest BCUT2D eigenvalue weighted by Crippen LogP contribution is 2.30. The molecule has 118 valence electrons. The number of amides is 1. The zero-order chi connectivity index (χ0) is 16.1. The minimum atomic E-state index is 0.111. The first-order valence-corrected chi connectivity index (χ1v) is 8.29. The second-order valence-corrected chi connectivity index (χ2v) is 6.24. The summed E-state index contributed by atoms with van der Waals surface area (Å²) < 4.78 is 0. The summed E-state index contributed by atoms with van der Waals surface area (Å²) in [5.74, 6) is 0.711. The molecule has 0 saturated heterocycles. The lowest BCUT2D eigenvalue weighted by molar-refractivity contribution is -0.129. The molecule has 0 aliphatic carbocycles. The van der Waals surface area contributed by atoms with Crippen molar-refractivity contribution in [2.24, 2.45) is 5.92 Å². The van der Waals surface area contributed by atoms with Crippen molar-refractivity contribution >= 4 is 5.91 Å². The van der Waals surface area contributed by atoms with E-state index >= 15 is 0 Å².